The van der Waals surface area contributed by atoms with Crippen molar-refractivity contribution >= 4 is 5.91 Å². The summed E-state index contributed by atoms with van der Waals surface area (Å²) < 4.78 is 5.55. The molecule has 2 rings (SSSR count). The standard InChI is InChI=1S/C14H22N2O2/c1-9-10(2)18-11(3)13(9)14(17)16(8-4-7-15)12-5-6-12/h12H,4-8,15H2,1-3H3. The molecule has 1 aliphatic carbocycles. The molecule has 100 valence electrons. The molecular formula is C14H22N2O2. The normalized spacial score (nSPS) is 14.9. The molecule has 1 heterocycles. The Labute approximate surface area is 108 Å². The number of aryl methyl sites for hydroxylation is 2. The lowest BCUT2D eigenvalue weighted by atomic mass is 10.1. The second-order valence-electron chi connectivity index (χ2n) is 5.09. The second kappa shape index (κ2) is 5.14. The van der Waals surface area contributed by atoms with Gasteiger partial charge in [-0.15, -0.1) is 0 Å². The van der Waals surface area contributed by atoms with Gasteiger partial charge in [0, 0.05) is 18.2 Å². The van der Waals surface area contributed by atoms with Gasteiger partial charge in [-0.3, -0.25) is 4.79 Å². The molecule has 1 aromatic rings. The Kier molecular flexibility index (Phi) is 3.76. The molecule has 0 aliphatic heterocycles. The quantitative estimate of drug-likeness (QED) is 0.871. The average Bonchev–Trinajstić information content (AvgIpc) is 3.10. The maximum absolute atomic E-state index is 12.6. The van der Waals surface area contributed by atoms with E-state index in [4.69, 9.17) is 10.2 Å². The van der Waals surface area contributed by atoms with Gasteiger partial charge in [-0.2, -0.15) is 0 Å². The summed E-state index contributed by atoms with van der Waals surface area (Å²) in [4.78, 5) is 14.6. The SMILES string of the molecule is Cc1oc(C)c(C(=O)N(CCCN)C2CC2)c1C. The number of carbonyl (C=O) groups is 1. The molecule has 4 nitrogen and oxygen atoms in total. The fourth-order valence-electron chi connectivity index (χ4n) is 2.35. The van der Waals surface area contributed by atoms with E-state index in [1.54, 1.807) is 0 Å². The van der Waals surface area contributed by atoms with Crippen molar-refractivity contribution in [2.75, 3.05) is 13.1 Å². The third-order valence-corrected chi connectivity index (χ3v) is 3.63. The van der Waals surface area contributed by atoms with Crippen LogP contribution in [0.15, 0.2) is 4.42 Å². The Morgan fingerprint density at radius 3 is 2.44 bits per heavy atom. The fourth-order valence-corrected chi connectivity index (χ4v) is 2.35. The minimum Gasteiger partial charge on any atom is -0.466 e. The number of rotatable bonds is 5. The van der Waals surface area contributed by atoms with Gasteiger partial charge in [0.1, 0.15) is 11.5 Å². The zero-order valence-electron chi connectivity index (χ0n) is 11.5. The van der Waals surface area contributed by atoms with Crippen molar-refractivity contribution in [2.45, 2.75) is 46.1 Å². The summed E-state index contributed by atoms with van der Waals surface area (Å²) in [5, 5.41) is 0. The molecule has 18 heavy (non-hydrogen) atoms. The van der Waals surface area contributed by atoms with Gasteiger partial charge in [-0.25, -0.2) is 0 Å². The molecule has 1 amide bonds. The van der Waals surface area contributed by atoms with E-state index in [1.807, 2.05) is 25.7 Å². The first-order valence-electron chi connectivity index (χ1n) is 6.64. The fraction of sp³-hybridized carbons (Fsp3) is 0.643. The van der Waals surface area contributed by atoms with E-state index in [0.29, 0.717) is 12.6 Å². The van der Waals surface area contributed by atoms with Crippen molar-refractivity contribution < 1.29 is 9.21 Å². The highest BCUT2D eigenvalue weighted by Gasteiger charge is 2.34. The Morgan fingerprint density at radius 2 is 2.00 bits per heavy atom. The summed E-state index contributed by atoms with van der Waals surface area (Å²) in [7, 11) is 0. The summed E-state index contributed by atoms with van der Waals surface area (Å²) in [6.07, 6.45) is 3.09. The molecular weight excluding hydrogens is 228 g/mol. The van der Waals surface area contributed by atoms with Gasteiger partial charge < -0.3 is 15.1 Å². The van der Waals surface area contributed by atoms with E-state index in [2.05, 4.69) is 0 Å². The minimum absolute atomic E-state index is 0.109. The van der Waals surface area contributed by atoms with E-state index < -0.39 is 0 Å². The molecule has 4 heteroatoms. The molecule has 1 fully saturated rings. The van der Waals surface area contributed by atoms with E-state index in [0.717, 1.165) is 48.5 Å². The van der Waals surface area contributed by atoms with Crippen molar-refractivity contribution in [1.29, 1.82) is 0 Å². The van der Waals surface area contributed by atoms with Gasteiger partial charge in [-0.05, 0) is 46.6 Å². The third kappa shape index (κ3) is 2.43. The smallest absolute Gasteiger partial charge is 0.257 e. The molecule has 0 atom stereocenters. The Hall–Kier alpha value is -1.29. The van der Waals surface area contributed by atoms with Crippen molar-refractivity contribution in [3.05, 3.63) is 22.6 Å². The molecule has 0 bridgehead atoms. The second-order valence-corrected chi connectivity index (χ2v) is 5.09. The van der Waals surface area contributed by atoms with Crippen LogP contribution in [-0.4, -0.2) is 29.9 Å². The van der Waals surface area contributed by atoms with Gasteiger partial charge in [0.25, 0.3) is 5.91 Å². The lowest BCUT2D eigenvalue weighted by Gasteiger charge is -2.22. The lowest BCUT2D eigenvalue weighted by Crippen LogP contribution is -2.35. The van der Waals surface area contributed by atoms with Gasteiger partial charge in [-0.1, -0.05) is 0 Å². The summed E-state index contributed by atoms with van der Waals surface area (Å²) >= 11 is 0. The Bertz CT molecular complexity index is 447. The van der Waals surface area contributed by atoms with Crippen molar-refractivity contribution in [3.63, 3.8) is 0 Å². The van der Waals surface area contributed by atoms with E-state index >= 15 is 0 Å². The largest absolute Gasteiger partial charge is 0.466 e. The highest BCUT2D eigenvalue weighted by Crippen LogP contribution is 2.30. The van der Waals surface area contributed by atoms with Crippen LogP contribution in [0.4, 0.5) is 0 Å². The van der Waals surface area contributed by atoms with Crippen LogP contribution in [0.2, 0.25) is 0 Å². The first-order chi connectivity index (χ1) is 8.56. The third-order valence-electron chi connectivity index (χ3n) is 3.63. The van der Waals surface area contributed by atoms with Crippen molar-refractivity contribution in [1.82, 2.24) is 4.90 Å². The number of hydrogen-bond acceptors (Lipinski definition) is 3. The van der Waals surface area contributed by atoms with Crippen molar-refractivity contribution in [3.8, 4) is 0 Å². The predicted molar refractivity (Wildman–Crippen MR) is 70.6 cm³/mol. The van der Waals surface area contributed by atoms with Crippen LogP contribution in [-0.2, 0) is 0 Å². The van der Waals surface area contributed by atoms with Gasteiger partial charge in [0.2, 0.25) is 0 Å². The number of furan rings is 1. The Balaban J connectivity index is 2.22. The summed E-state index contributed by atoms with van der Waals surface area (Å²) in [6.45, 7) is 7.09. The van der Waals surface area contributed by atoms with Crippen LogP contribution in [0, 0.1) is 20.8 Å². The molecule has 0 saturated heterocycles. The average molecular weight is 250 g/mol. The summed E-state index contributed by atoms with van der Waals surface area (Å²) in [5.74, 6) is 1.68. The van der Waals surface area contributed by atoms with E-state index in [-0.39, 0.29) is 5.91 Å². The molecule has 0 radical (unpaired) electrons. The molecule has 0 spiro atoms. The van der Waals surface area contributed by atoms with Crippen LogP contribution in [0.1, 0.15) is 46.7 Å². The van der Waals surface area contributed by atoms with Crippen LogP contribution in [0.3, 0.4) is 0 Å². The Morgan fingerprint density at radius 1 is 1.33 bits per heavy atom. The predicted octanol–water partition coefficient (Wildman–Crippen LogP) is 2.16. The number of carbonyl (C=O) groups excluding carboxylic acids is 1. The first-order valence-corrected chi connectivity index (χ1v) is 6.64. The number of nitrogens with zero attached hydrogens (tertiary/aromatic N) is 1. The van der Waals surface area contributed by atoms with Crippen LogP contribution < -0.4 is 5.73 Å². The molecule has 1 aliphatic rings. The first kappa shape index (κ1) is 13.1. The number of nitrogens with two attached hydrogens (primary N) is 1. The highest BCUT2D eigenvalue weighted by atomic mass is 16.3. The lowest BCUT2D eigenvalue weighted by molar-refractivity contribution is 0.0740. The zero-order valence-corrected chi connectivity index (χ0v) is 11.5. The molecule has 1 aromatic heterocycles. The van der Waals surface area contributed by atoms with Gasteiger partial charge in [0.05, 0.1) is 5.56 Å². The molecule has 0 aromatic carbocycles. The van der Waals surface area contributed by atoms with Crippen molar-refractivity contribution in [2.24, 2.45) is 5.73 Å². The van der Waals surface area contributed by atoms with E-state index in [9.17, 15) is 4.79 Å². The summed E-state index contributed by atoms with van der Waals surface area (Å²) in [6, 6.07) is 0.415. The van der Waals surface area contributed by atoms with Crippen LogP contribution in [0.5, 0.6) is 0 Å². The highest BCUT2D eigenvalue weighted by molar-refractivity contribution is 5.97. The molecule has 0 unspecified atom stereocenters. The maximum atomic E-state index is 12.6. The molecule has 1 saturated carbocycles. The monoisotopic (exact) mass is 250 g/mol. The maximum Gasteiger partial charge on any atom is 0.257 e. The summed E-state index contributed by atoms with van der Waals surface area (Å²) in [5.41, 5.74) is 7.26. The van der Waals surface area contributed by atoms with Gasteiger partial charge in [0.15, 0.2) is 0 Å². The van der Waals surface area contributed by atoms with Crippen LogP contribution >= 0.6 is 0 Å². The van der Waals surface area contributed by atoms with Gasteiger partial charge >= 0.3 is 0 Å². The number of hydrogen-bond donors (Lipinski definition) is 1. The van der Waals surface area contributed by atoms with E-state index in [1.165, 1.54) is 0 Å². The van der Waals surface area contributed by atoms with Crippen LogP contribution in [0.25, 0.3) is 0 Å². The minimum atomic E-state index is 0.109. The molecule has 2 N–H and O–H groups in total. The number of amides is 1. The zero-order chi connectivity index (χ0) is 13.3. The topological polar surface area (TPSA) is 59.5 Å².